The summed E-state index contributed by atoms with van der Waals surface area (Å²) in [5, 5.41) is 5.40. The zero-order valence-electron chi connectivity index (χ0n) is 24.1. The molecular weight excluding hydrogens is 537 g/mol. The van der Waals surface area contributed by atoms with Gasteiger partial charge in [0.15, 0.2) is 0 Å². The Balaban J connectivity index is 1.53. The van der Waals surface area contributed by atoms with Gasteiger partial charge in [-0.25, -0.2) is 14.2 Å². The van der Waals surface area contributed by atoms with Crippen LogP contribution in [0.5, 0.6) is 0 Å². The molecule has 0 fully saturated rings. The van der Waals surface area contributed by atoms with Crippen LogP contribution in [-0.2, 0) is 20.7 Å². The number of alkyl carbamates (subject to hydrolysis) is 1. The van der Waals surface area contributed by atoms with Gasteiger partial charge in [-0.1, -0.05) is 54.6 Å². The van der Waals surface area contributed by atoms with Crippen molar-refractivity contribution in [3.05, 3.63) is 95.3 Å². The molecule has 0 aliphatic carbocycles. The van der Waals surface area contributed by atoms with E-state index in [9.17, 15) is 14.4 Å². The number of ether oxygens (including phenoxy) is 1. The van der Waals surface area contributed by atoms with Crippen LogP contribution < -0.4 is 20.4 Å². The lowest BCUT2D eigenvalue weighted by molar-refractivity contribution is -0.128. The number of hydrogen-bond acceptors (Lipinski definition) is 6. The molecule has 3 aromatic carbocycles. The third-order valence-electron chi connectivity index (χ3n) is 7.07. The molecule has 0 saturated carbocycles. The van der Waals surface area contributed by atoms with E-state index in [1.807, 2.05) is 54.4 Å². The van der Waals surface area contributed by atoms with Gasteiger partial charge in [-0.05, 0) is 44.5 Å². The standard InChI is InChI=1S/C32H34FN5O4/c1-32(2,3)42-31(41)34-24(19-20-11-6-5-7-12-20)29(39)36-28-30(40)38-18-17-37(4)25-16-10-14-22(27(25)38)26(35-28)21-13-8-9-15-23(21)33/h5-16,24,28H,17-19H2,1-4H3,(H,34,41)(H,36,39)/t24-,28-/m0/s1. The zero-order chi connectivity index (χ0) is 30.0. The van der Waals surface area contributed by atoms with Crippen molar-refractivity contribution < 1.29 is 23.5 Å². The number of amides is 3. The SMILES string of the molecule is CN1CCN2C(=O)[C@H](NC(=O)[C@H](Cc3ccccc3)NC(=O)OC(C)(C)C)N=C(c3ccccc3F)c3cccc1c32. The van der Waals surface area contributed by atoms with Crippen molar-refractivity contribution >= 4 is 35.0 Å². The number of halogens is 1. The lowest BCUT2D eigenvalue weighted by Crippen LogP contribution is -2.56. The van der Waals surface area contributed by atoms with Crippen LogP contribution in [0.2, 0.25) is 0 Å². The maximum atomic E-state index is 15.2. The number of rotatable bonds is 6. The topological polar surface area (TPSA) is 103 Å². The quantitative estimate of drug-likeness (QED) is 0.465. The average Bonchev–Trinajstić information content (AvgIpc) is 3.05. The summed E-state index contributed by atoms with van der Waals surface area (Å²) >= 11 is 0. The van der Waals surface area contributed by atoms with Gasteiger partial charge in [0.1, 0.15) is 17.5 Å². The van der Waals surface area contributed by atoms with Crippen molar-refractivity contribution in [1.82, 2.24) is 10.6 Å². The molecule has 2 N–H and O–H groups in total. The summed E-state index contributed by atoms with van der Waals surface area (Å²) in [5.41, 5.74) is 2.48. The van der Waals surface area contributed by atoms with E-state index in [0.29, 0.717) is 24.3 Å². The minimum absolute atomic E-state index is 0.148. The molecule has 2 atom stereocenters. The first-order chi connectivity index (χ1) is 20.0. The molecule has 10 heteroatoms. The van der Waals surface area contributed by atoms with Gasteiger partial charge >= 0.3 is 6.09 Å². The Morgan fingerprint density at radius 1 is 1.00 bits per heavy atom. The Morgan fingerprint density at radius 3 is 2.40 bits per heavy atom. The summed E-state index contributed by atoms with van der Waals surface area (Å²) in [6.07, 6.45) is -1.98. The summed E-state index contributed by atoms with van der Waals surface area (Å²) in [6, 6.07) is 19.9. The van der Waals surface area contributed by atoms with Crippen molar-refractivity contribution in [2.75, 3.05) is 29.9 Å². The molecule has 0 radical (unpaired) electrons. The molecule has 218 valence electrons. The maximum Gasteiger partial charge on any atom is 0.408 e. The molecule has 0 unspecified atom stereocenters. The Hall–Kier alpha value is -4.73. The highest BCUT2D eigenvalue weighted by molar-refractivity contribution is 6.22. The van der Waals surface area contributed by atoms with Crippen LogP contribution in [0.3, 0.4) is 0 Å². The van der Waals surface area contributed by atoms with Gasteiger partial charge in [-0.2, -0.15) is 0 Å². The predicted molar refractivity (Wildman–Crippen MR) is 159 cm³/mol. The van der Waals surface area contributed by atoms with Crippen molar-refractivity contribution in [1.29, 1.82) is 0 Å². The Kier molecular flexibility index (Phi) is 7.98. The fraction of sp³-hybridized carbons (Fsp3) is 0.312. The van der Waals surface area contributed by atoms with Crippen molar-refractivity contribution in [2.45, 2.75) is 45.0 Å². The highest BCUT2D eigenvalue weighted by atomic mass is 19.1. The lowest BCUT2D eigenvalue weighted by Gasteiger charge is -2.37. The summed E-state index contributed by atoms with van der Waals surface area (Å²) in [5.74, 6) is -1.58. The summed E-state index contributed by atoms with van der Waals surface area (Å²) in [7, 11) is 1.93. The van der Waals surface area contributed by atoms with Crippen molar-refractivity contribution in [2.24, 2.45) is 4.99 Å². The fourth-order valence-corrected chi connectivity index (χ4v) is 5.12. The number of anilines is 2. The third kappa shape index (κ3) is 6.12. The minimum Gasteiger partial charge on any atom is -0.444 e. The average molecular weight is 572 g/mol. The molecule has 5 rings (SSSR count). The van der Waals surface area contributed by atoms with E-state index in [2.05, 4.69) is 15.6 Å². The molecule has 2 heterocycles. The van der Waals surface area contributed by atoms with E-state index in [-0.39, 0.29) is 17.7 Å². The smallest absolute Gasteiger partial charge is 0.408 e. The molecule has 0 bridgehead atoms. The van der Waals surface area contributed by atoms with Crippen LogP contribution in [-0.4, -0.2) is 61.6 Å². The van der Waals surface area contributed by atoms with Gasteiger partial charge in [0.2, 0.25) is 12.1 Å². The number of nitrogens with zero attached hydrogens (tertiary/aromatic N) is 3. The van der Waals surface area contributed by atoms with E-state index in [1.54, 1.807) is 49.9 Å². The summed E-state index contributed by atoms with van der Waals surface area (Å²) < 4.78 is 20.6. The zero-order valence-corrected chi connectivity index (χ0v) is 24.1. The number of carbonyl (C=O) groups is 3. The van der Waals surface area contributed by atoms with Crippen molar-refractivity contribution in [3.63, 3.8) is 0 Å². The van der Waals surface area contributed by atoms with E-state index in [0.717, 1.165) is 11.3 Å². The molecule has 42 heavy (non-hydrogen) atoms. The van der Waals surface area contributed by atoms with Crippen LogP contribution in [0.15, 0.2) is 77.8 Å². The number of para-hydroxylation sites is 1. The monoisotopic (exact) mass is 571 g/mol. The third-order valence-corrected chi connectivity index (χ3v) is 7.07. The van der Waals surface area contributed by atoms with Gasteiger partial charge < -0.3 is 25.2 Å². The molecule has 3 aromatic rings. The predicted octanol–water partition coefficient (Wildman–Crippen LogP) is 4.04. The van der Waals surface area contributed by atoms with Gasteiger partial charge in [-0.3, -0.25) is 9.59 Å². The second-order valence-corrected chi connectivity index (χ2v) is 11.3. The summed E-state index contributed by atoms with van der Waals surface area (Å²) in [6.45, 7) is 6.10. The van der Waals surface area contributed by atoms with Crippen LogP contribution in [0.1, 0.15) is 37.5 Å². The molecule has 9 nitrogen and oxygen atoms in total. The van der Waals surface area contributed by atoms with Gasteiger partial charge in [0.05, 0.1) is 17.1 Å². The number of hydrogen-bond donors (Lipinski definition) is 2. The van der Waals surface area contributed by atoms with Gasteiger partial charge in [0, 0.05) is 37.7 Å². The van der Waals surface area contributed by atoms with Crippen molar-refractivity contribution in [3.8, 4) is 0 Å². The van der Waals surface area contributed by atoms with E-state index < -0.39 is 41.5 Å². The van der Waals surface area contributed by atoms with Crippen LogP contribution in [0.25, 0.3) is 0 Å². The molecule has 2 aliphatic rings. The molecule has 2 aliphatic heterocycles. The minimum atomic E-state index is -1.37. The lowest BCUT2D eigenvalue weighted by atomic mass is 9.97. The Bertz CT molecular complexity index is 1540. The van der Waals surface area contributed by atoms with Crippen LogP contribution in [0, 0.1) is 5.82 Å². The van der Waals surface area contributed by atoms with Gasteiger partial charge in [-0.15, -0.1) is 0 Å². The first-order valence-corrected chi connectivity index (χ1v) is 13.8. The maximum absolute atomic E-state index is 15.2. The molecule has 3 amide bonds. The van der Waals surface area contributed by atoms with E-state index in [4.69, 9.17) is 4.74 Å². The van der Waals surface area contributed by atoms with E-state index >= 15 is 4.39 Å². The number of likely N-dealkylation sites (N-methyl/N-ethyl adjacent to an activating group) is 1. The fourth-order valence-electron chi connectivity index (χ4n) is 5.12. The second kappa shape index (κ2) is 11.6. The Morgan fingerprint density at radius 2 is 1.69 bits per heavy atom. The van der Waals surface area contributed by atoms with Crippen LogP contribution in [0.4, 0.5) is 20.6 Å². The number of aliphatic imine (C=N–C) groups is 1. The van der Waals surface area contributed by atoms with Gasteiger partial charge in [0.25, 0.3) is 5.91 Å². The largest absolute Gasteiger partial charge is 0.444 e. The molecular formula is C32H34FN5O4. The molecule has 0 aromatic heterocycles. The summed E-state index contributed by atoms with van der Waals surface area (Å²) in [4.78, 5) is 48.8. The highest BCUT2D eigenvalue weighted by Gasteiger charge is 2.38. The first kappa shape index (κ1) is 28.8. The normalized spacial score (nSPS) is 17.0. The highest BCUT2D eigenvalue weighted by Crippen LogP contribution is 2.39. The number of benzene rings is 3. The van der Waals surface area contributed by atoms with E-state index in [1.165, 1.54) is 6.07 Å². The first-order valence-electron chi connectivity index (χ1n) is 13.8. The number of nitrogens with one attached hydrogen (secondary N) is 2. The molecule has 0 spiro atoms. The number of carbonyl (C=O) groups excluding carboxylic acids is 3. The second-order valence-electron chi connectivity index (χ2n) is 11.3. The molecule has 0 saturated heterocycles. The Labute approximate surface area is 244 Å². The van der Waals surface area contributed by atoms with Crippen LogP contribution >= 0.6 is 0 Å².